The van der Waals surface area contributed by atoms with Gasteiger partial charge in [-0.15, -0.1) is 0 Å². The molecule has 176 valence electrons. The number of ether oxygens (including phenoxy) is 2. The molecule has 9 nitrogen and oxygen atoms in total. The van der Waals surface area contributed by atoms with Crippen LogP contribution in [0.3, 0.4) is 0 Å². The Kier molecular flexibility index (Phi) is 5.79. The first kappa shape index (κ1) is 22.3. The number of fused-ring (bicyclic) bond motifs is 3. The molecule has 4 heterocycles. The molecule has 0 fully saturated rings. The van der Waals surface area contributed by atoms with Crippen molar-refractivity contribution in [3.8, 4) is 17.6 Å². The van der Waals surface area contributed by atoms with E-state index < -0.39 is 5.91 Å². The third kappa shape index (κ3) is 3.93. The predicted molar refractivity (Wildman–Crippen MR) is 128 cm³/mol. The van der Waals surface area contributed by atoms with Crippen LogP contribution in [0, 0.1) is 18.3 Å². The van der Waals surface area contributed by atoms with E-state index >= 15 is 0 Å². The van der Waals surface area contributed by atoms with E-state index in [2.05, 4.69) is 18.0 Å². The number of hydrogen-bond acceptors (Lipinski definition) is 6. The first-order valence-electron chi connectivity index (χ1n) is 11.5. The summed E-state index contributed by atoms with van der Waals surface area (Å²) >= 11 is 0. The number of rotatable bonds is 5. The van der Waals surface area contributed by atoms with Gasteiger partial charge in [-0.1, -0.05) is 25.8 Å². The van der Waals surface area contributed by atoms with Gasteiger partial charge in [-0.05, 0) is 49.2 Å². The molecular formula is C26H23N5O4. The number of amides is 1. The Bertz CT molecular complexity index is 1660. The highest BCUT2D eigenvalue weighted by Crippen LogP contribution is 2.32. The predicted octanol–water partition coefficient (Wildman–Crippen LogP) is 3.49. The van der Waals surface area contributed by atoms with Gasteiger partial charge in [0, 0.05) is 18.3 Å². The Morgan fingerprint density at radius 2 is 2.00 bits per heavy atom. The van der Waals surface area contributed by atoms with Gasteiger partial charge in [0.2, 0.25) is 6.79 Å². The molecule has 5 rings (SSSR count). The first-order chi connectivity index (χ1) is 17.0. The molecule has 1 aliphatic heterocycles. The van der Waals surface area contributed by atoms with Gasteiger partial charge in [0.1, 0.15) is 17.4 Å². The molecule has 0 N–H and O–H groups in total. The van der Waals surface area contributed by atoms with Crippen LogP contribution in [0.4, 0.5) is 0 Å². The van der Waals surface area contributed by atoms with Crippen LogP contribution in [0.15, 0.2) is 52.4 Å². The fourth-order valence-corrected chi connectivity index (χ4v) is 4.21. The number of carbonyl (C=O) groups is 1. The van der Waals surface area contributed by atoms with Crippen LogP contribution in [-0.4, -0.2) is 26.7 Å². The molecule has 0 aliphatic carbocycles. The largest absolute Gasteiger partial charge is 0.454 e. The number of carbonyl (C=O) groups excluding carboxylic acids is 1. The Morgan fingerprint density at radius 1 is 1.17 bits per heavy atom. The van der Waals surface area contributed by atoms with Crippen LogP contribution in [-0.2, 0) is 6.54 Å². The third-order valence-electron chi connectivity index (χ3n) is 6.04. The molecule has 35 heavy (non-hydrogen) atoms. The van der Waals surface area contributed by atoms with Gasteiger partial charge in [0.05, 0.1) is 10.9 Å². The summed E-state index contributed by atoms with van der Waals surface area (Å²) in [5, 5.41) is 10.2. The number of hydrogen-bond donors (Lipinski definition) is 0. The average Bonchev–Trinajstić information content (AvgIpc) is 3.34. The highest BCUT2D eigenvalue weighted by atomic mass is 16.7. The molecular weight excluding hydrogens is 446 g/mol. The van der Waals surface area contributed by atoms with Gasteiger partial charge in [-0.3, -0.25) is 14.0 Å². The SMILES string of the molecule is CCCCCn1c(=NC(=O)c2ccc3c(c2)OCO3)c(C#N)cc2c(=O)n3cccc(C)c3nc21. The zero-order valence-corrected chi connectivity index (χ0v) is 19.4. The Labute approximate surface area is 200 Å². The monoisotopic (exact) mass is 469 g/mol. The summed E-state index contributed by atoms with van der Waals surface area (Å²) in [6.45, 7) is 4.53. The molecule has 0 saturated carbocycles. The number of pyridine rings is 2. The molecule has 1 aromatic carbocycles. The molecule has 0 atom stereocenters. The number of aryl methyl sites for hydroxylation is 2. The number of benzene rings is 1. The summed E-state index contributed by atoms with van der Waals surface area (Å²) < 4.78 is 13.9. The van der Waals surface area contributed by atoms with Crippen LogP contribution in [0.25, 0.3) is 16.7 Å². The molecule has 0 saturated heterocycles. The Morgan fingerprint density at radius 3 is 2.80 bits per heavy atom. The molecule has 0 spiro atoms. The van der Waals surface area contributed by atoms with E-state index in [9.17, 15) is 14.9 Å². The molecule has 9 heteroatoms. The van der Waals surface area contributed by atoms with Gasteiger partial charge >= 0.3 is 0 Å². The van der Waals surface area contributed by atoms with Gasteiger partial charge in [-0.25, -0.2) is 4.98 Å². The first-order valence-corrected chi connectivity index (χ1v) is 11.5. The molecule has 0 unspecified atom stereocenters. The minimum Gasteiger partial charge on any atom is -0.454 e. The lowest BCUT2D eigenvalue weighted by molar-refractivity contribution is 0.0996. The number of nitriles is 1. The van der Waals surface area contributed by atoms with Crippen molar-refractivity contribution in [2.24, 2.45) is 4.99 Å². The maximum absolute atomic E-state index is 13.3. The number of nitrogens with zero attached hydrogens (tertiary/aromatic N) is 5. The van der Waals surface area contributed by atoms with E-state index in [4.69, 9.17) is 14.5 Å². The third-order valence-corrected chi connectivity index (χ3v) is 6.04. The number of aromatic nitrogens is 3. The fourth-order valence-electron chi connectivity index (χ4n) is 4.21. The maximum Gasteiger partial charge on any atom is 0.279 e. The second-order valence-electron chi connectivity index (χ2n) is 8.38. The van der Waals surface area contributed by atoms with E-state index in [0.717, 1.165) is 24.8 Å². The van der Waals surface area contributed by atoms with Gasteiger partial charge in [-0.2, -0.15) is 10.3 Å². The van der Waals surface area contributed by atoms with Crippen LogP contribution < -0.4 is 20.5 Å². The van der Waals surface area contributed by atoms with E-state index in [-0.39, 0.29) is 23.4 Å². The van der Waals surface area contributed by atoms with Crippen molar-refractivity contribution >= 4 is 22.6 Å². The second-order valence-corrected chi connectivity index (χ2v) is 8.38. The van der Waals surface area contributed by atoms with Crippen LogP contribution >= 0.6 is 0 Å². The lowest BCUT2D eigenvalue weighted by Gasteiger charge is -2.14. The molecule has 1 amide bonds. The minimum absolute atomic E-state index is 0.0966. The van der Waals surface area contributed by atoms with Gasteiger partial charge in [0.25, 0.3) is 11.5 Å². The average molecular weight is 470 g/mol. The molecule has 3 aromatic heterocycles. The zero-order chi connectivity index (χ0) is 24.5. The van der Waals surface area contributed by atoms with Crippen molar-refractivity contribution in [2.45, 2.75) is 39.7 Å². The molecule has 4 aromatic rings. The van der Waals surface area contributed by atoms with E-state index in [0.29, 0.717) is 40.3 Å². The van der Waals surface area contributed by atoms with Crippen molar-refractivity contribution in [1.29, 1.82) is 5.26 Å². The zero-order valence-electron chi connectivity index (χ0n) is 19.4. The van der Waals surface area contributed by atoms with E-state index in [1.165, 1.54) is 10.5 Å². The van der Waals surface area contributed by atoms with Crippen LogP contribution in [0.5, 0.6) is 11.5 Å². The topological polar surface area (TPSA) is 111 Å². The second kappa shape index (κ2) is 9.06. The molecule has 1 aliphatic rings. The highest BCUT2D eigenvalue weighted by molar-refractivity contribution is 5.95. The summed E-state index contributed by atoms with van der Waals surface area (Å²) in [6, 6.07) is 12.1. The van der Waals surface area contributed by atoms with Crippen molar-refractivity contribution in [3.63, 3.8) is 0 Å². The summed E-state index contributed by atoms with van der Waals surface area (Å²) in [4.78, 5) is 35.6. The Hall–Kier alpha value is -4.45. The summed E-state index contributed by atoms with van der Waals surface area (Å²) in [5.41, 5.74) is 2.11. The van der Waals surface area contributed by atoms with Crippen molar-refractivity contribution < 1.29 is 14.3 Å². The molecule has 0 radical (unpaired) electrons. The quantitative estimate of drug-likeness (QED) is 0.327. The van der Waals surface area contributed by atoms with Crippen molar-refractivity contribution in [1.82, 2.24) is 14.0 Å². The van der Waals surface area contributed by atoms with Crippen LogP contribution in [0.2, 0.25) is 0 Å². The van der Waals surface area contributed by atoms with Gasteiger partial charge < -0.3 is 14.0 Å². The normalized spacial score (nSPS) is 12.9. The molecule has 0 bridgehead atoms. The lowest BCUT2D eigenvalue weighted by Crippen LogP contribution is -2.29. The number of unbranched alkanes of at least 4 members (excludes halogenated alkanes) is 2. The smallest absolute Gasteiger partial charge is 0.279 e. The van der Waals surface area contributed by atoms with E-state index in [1.807, 2.05) is 13.0 Å². The fraction of sp³-hybridized carbons (Fsp3) is 0.269. The van der Waals surface area contributed by atoms with Crippen LogP contribution in [0.1, 0.15) is 47.7 Å². The summed E-state index contributed by atoms with van der Waals surface area (Å²) in [7, 11) is 0. The Balaban J connectivity index is 1.78. The standard InChI is InChI=1S/C26H23N5O4/c1-3-4-5-10-30-23(29-25(32)17-8-9-20-21(13-17)35-15-34-20)18(14-27)12-19-24(30)28-22-16(2)7-6-11-31(22)26(19)33/h6-9,11-13H,3-5,10,15H2,1-2H3. The van der Waals surface area contributed by atoms with Gasteiger partial charge in [0.15, 0.2) is 17.0 Å². The van der Waals surface area contributed by atoms with Crippen molar-refractivity contribution in [3.05, 3.63) is 75.1 Å². The van der Waals surface area contributed by atoms with Crippen molar-refractivity contribution in [2.75, 3.05) is 6.79 Å². The summed E-state index contributed by atoms with van der Waals surface area (Å²) in [6.07, 6.45) is 4.36. The lowest BCUT2D eigenvalue weighted by atomic mass is 10.1. The minimum atomic E-state index is -0.530. The highest BCUT2D eigenvalue weighted by Gasteiger charge is 2.18. The maximum atomic E-state index is 13.3. The summed E-state index contributed by atoms with van der Waals surface area (Å²) in [5.74, 6) is 0.501. The van der Waals surface area contributed by atoms with E-state index in [1.54, 1.807) is 35.0 Å².